The average Bonchev–Trinajstić information content (AvgIpc) is 2.62. The molecular formula is C15H22ClN. The normalized spacial score (nSPS) is 28.5. The lowest BCUT2D eigenvalue weighted by molar-refractivity contribution is 0.355. The van der Waals surface area contributed by atoms with Gasteiger partial charge in [-0.15, -0.1) is 0 Å². The lowest BCUT2D eigenvalue weighted by atomic mass is 9.89. The lowest BCUT2D eigenvalue weighted by Gasteiger charge is -2.21. The van der Waals surface area contributed by atoms with Crippen molar-refractivity contribution in [1.29, 1.82) is 0 Å². The van der Waals surface area contributed by atoms with Gasteiger partial charge in [-0.3, -0.25) is 0 Å². The molecule has 0 aromatic heterocycles. The van der Waals surface area contributed by atoms with Gasteiger partial charge in [0, 0.05) is 11.1 Å². The first-order valence-electron chi connectivity index (χ1n) is 6.68. The van der Waals surface area contributed by atoms with Crippen LogP contribution in [0.25, 0.3) is 0 Å². The van der Waals surface area contributed by atoms with Crippen molar-refractivity contribution in [2.24, 2.45) is 11.8 Å². The van der Waals surface area contributed by atoms with Crippen molar-refractivity contribution in [3.8, 4) is 0 Å². The molecule has 17 heavy (non-hydrogen) atoms. The summed E-state index contributed by atoms with van der Waals surface area (Å²) in [5.41, 5.74) is 1.38. The molecular weight excluding hydrogens is 230 g/mol. The first-order valence-corrected chi connectivity index (χ1v) is 7.06. The van der Waals surface area contributed by atoms with Crippen molar-refractivity contribution in [3.63, 3.8) is 0 Å². The van der Waals surface area contributed by atoms with Crippen molar-refractivity contribution in [3.05, 3.63) is 34.9 Å². The van der Waals surface area contributed by atoms with Gasteiger partial charge in [-0.25, -0.2) is 0 Å². The molecule has 1 aliphatic carbocycles. The van der Waals surface area contributed by atoms with Crippen molar-refractivity contribution in [2.45, 2.75) is 39.2 Å². The van der Waals surface area contributed by atoms with Crippen LogP contribution in [-0.4, -0.2) is 12.6 Å². The predicted octanol–water partition coefficient (Wildman–Crippen LogP) is 3.91. The molecule has 0 radical (unpaired) electrons. The fraction of sp³-hybridized carbons (Fsp3) is 0.600. The number of nitrogens with one attached hydrogen (secondary N) is 1. The minimum absolute atomic E-state index is 0.712. The van der Waals surface area contributed by atoms with E-state index in [2.05, 4.69) is 37.4 Å². The van der Waals surface area contributed by atoms with Gasteiger partial charge >= 0.3 is 0 Å². The second-order valence-electron chi connectivity index (χ2n) is 5.19. The molecule has 0 amide bonds. The smallest absolute Gasteiger partial charge is 0.0408 e. The molecule has 1 aromatic carbocycles. The summed E-state index contributed by atoms with van der Waals surface area (Å²) in [7, 11) is 0. The molecule has 94 valence electrons. The zero-order chi connectivity index (χ0) is 12.3. The van der Waals surface area contributed by atoms with Gasteiger partial charge in [0.2, 0.25) is 0 Å². The maximum absolute atomic E-state index is 6.03. The third kappa shape index (κ3) is 3.23. The van der Waals surface area contributed by atoms with E-state index < -0.39 is 0 Å². The van der Waals surface area contributed by atoms with Crippen LogP contribution in [0.15, 0.2) is 24.3 Å². The van der Waals surface area contributed by atoms with E-state index >= 15 is 0 Å². The zero-order valence-corrected chi connectivity index (χ0v) is 11.5. The van der Waals surface area contributed by atoms with Crippen molar-refractivity contribution in [1.82, 2.24) is 5.32 Å². The van der Waals surface area contributed by atoms with Crippen molar-refractivity contribution in [2.75, 3.05) is 6.54 Å². The minimum Gasteiger partial charge on any atom is -0.314 e. The van der Waals surface area contributed by atoms with Gasteiger partial charge in [-0.2, -0.15) is 0 Å². The van der Waals surface area contributed by atoms with Crippen LogP contribution in [0.4, 0.5) is 0 Å². The van der Waals surface area contributed by atoms with Gasteiger partial charge in [-0.05, 0) is 55.3 Å². The molecule has 1 nitrogen and oxygen atoms in total. The van der Waals surface area contributed by atoms with E-state index in [0.717, 1.165) is 23.4 Å². The van der Waals surface area contributed by atoms with Gasteiger partial charge in [0.1, 0.15) is 0 Å². The van der Waals surface area contributed by atoms with Crippen LogP contribution in [0.5, 0.6) is 0 Å². The van der Waals surface area contributed by atoms with E-state index in [-0.39, 0.29) is 0 Å². The Kier molecular flexibility index (Phi) is 4.47. The Hall–Kier alpha value is -0.530. The van der Waals surface area contributed by atoms with E-state index in [0.29, 0.717) is 6.04 Å². The first kappa shape index (κ1) is 12.9. The van der Waals surface area contributed by atoms with Crippen LogP contribution in [0.3, 0.4) is 0 Å². The van der Waals surface area contributed by atoms with Gasteiger partial charge in [-0.1, -0.05) is 37.6 Å². The summed E-state index contributed by atoms with van der Waals surface area (Å²) in [6, 6.07) is 9.02. The second kappa shape index (κ2) is 5.88. The largest absolute Gasteiger partial charge is 0.314 e. The maximum atomic E-state index is 6.03. The molecule has 1 saturated carbocycles. The SMILES string of the molecule is CCNC1CCC(Cc2cccc(Cl)c2)C1C. The van der Waals surface area contributed by atoms with E-state index in [1.165, 1.54) is 24.8 Å². The third-order valence-electron chi connectivity index (χ3n) is 4.08. The molecule has 1 N–H and O–H groups in total. The second-order valence-corrected chi connectivity index (χ2v) is 5.63. The maximum Gasteiger partial charge on any atom is 0.0408 e. The molecule has 1 aliphatic rings. The number of halogens is 1. The third-order valence-corrected chi connectivity index (χ3v) is 4.32. The summed E-state index contributed by atoms with van der Waals surface area (Å²) in [5.74, 6) is 1.58. The molecule has 3 unspecified atom stereocenters. The van der Waals surface area contributed by atoms with Gasteiger partial charge in [0.25, 0.3) is 0 Å². The number of hydrogen-bond acceptors (Lipinski definition) is 1. The monoisotopic (exact) mass is 251 g/mol. The van der Waals surface area contributed by atoms with Crippen molar-refractivity contribution < 1.29 is 0 Å². The van der Waals surface area contributed by atoms with Gasteiger partial charge in [0.15, 0.2) is 0 Å². The van der Waals surface area contributed by atoms with E-state index in [1.807, 2.05) is 6.07 Å². The highest BCUT2D eigenvalue weighted by atomic mass is 35.5. The van der Waals surface area contributed by atoms with Crippen LogP contribution in [0.2, 0.25) is 5.02 Å². The van der Waals surface area contributed by atoms with Crippen LogP contribution >= 0.6 is 11.6 Å². The summed E-state index contributed by atoms with van der Waals surface area (Å²) in [6.45, 7) is 5.66. The van der Waals surface area contributed by atoms with Gasteiger partial charge < -0.3 is 5.32 Å². The molecule has 1 fully saturated rings. The zero-order valence-electron chi connectivity index (χ0n) is 10.7. The Morgan fingerprint density at radius 3 is 2.88 bits per heavy atom. The molecule has 3 atom stereocenters. The highest BCUT2D eigenvalue weighted by Crippen LogP contribution is 2.34. The van der Waals surface area contributed by atoms with Crippen molar-refractivity contribution >= 4 is 11.6 Å². The Balaban J connectivity index is 1.96. The Morgan fingerprint density at radius 2 is 2.18 bits per heavy atom. The number of hydrogen-bond donors (Lipinski definition) is 1. The molecule has 0 aliphatic heterocycles. The number of benzene rings is 1. The molecule has 2 heteroatoms. The van der Waals surface area contributed by atoms with Crippen LogP contribution < -0.4 is 5.32 Å². The van der Waals surface area contributed by atoms with E-state index in [1.54, 1.807) is 0 Å². The predicted molar refractivity (Wildman–Crippen MR) is 74.5 cm³/mol. The first-order chi connectivity index (χ1) is 8.20. The number of rotatable bonds is 4. The average molecular weight is 252 g/mol. The minimum atomic E-state index is 0.712. The summed E-state index contributed by atoms with van der Waals surface area (Å²) >= 11 is 6.03. The molecule has 0 bridgehead atoms. The highest BCUT2D eigenvalue weighted by Gasteiger charge is 2.31. The fourth-order valence-corrected chi connectivity index (χ4v) is 3.27. The van der Waals surface area contributed by atoms with Crippen LogP contribution in [-0.2, 0) is 6.42 Å². The van der Waals surface area contributed by atoms with Gasteiger partial charge in [0.05, 0.1) is 0 Å². The molecule has 0 saturated heterocycles. The standard InChI is InChI=1S/C15H22ClN/c1-3-17-15-8-7-13(11(15)2)9-12-5-4-6-14(16)10-12/h4-6,10-11,13,15,17H,3,7-9H2,1-2H3. The summed E-state index contributed by atoms with van der Waals surface area (Å²) < 4.78 is 0. The summed E-state index contributed by atoms with van der Waals surface area (Å²) in [5, 5.41) is 4.45. The molecule has 0 heterocycles. The molecule has 1 aromatic rings. The van der Waals surface area contributed by atoms with Crippen LogP contribution in [0.1, 0.15) is 32.3 Å². The highest BCUT2D eigenvalue weighted by molar-refractivity contribution is 6.30. The quantitative estimate of drug-likeness (QED) is 0.856. The van der Waals surface area contributed by atoms with E-state index in [9.17, 15) is 0 Å². The lowest BCUT2D eigenvalue weighted by Crippen LogP contribution is -2.32. The van der Waals surface area contributed by atoms with E-state index in [4.69, 9.17) is 11.6 Å². The molecule has 0 spiro atoms. The topological polar surface area (TPSA) is 12.0 Å². The van der Waals surface area contributed by atoms with Crippen LogP contribution in [0, 0.1) is 11.8 Å². The Morgan fingerprint density at radius 1 is 1.35 bits per heavy atom. The Labute approximate surface area is 110 Å². The fourth-order valence-electron chi connectivity index (χ4n) is 3.05. The summed E-state index contributed by atoms with van der Waals surface area (Å²) in [4.78, 5) is 0. The summed E-state index contributed by atoms with van der Waals surface area (Å²) in [6.07, 6.45) is 3.83. The Bertz CT molecular complexity index is 364. The molecule has 2 rings (SSSR count).